The Morgan fingerprint density at radius 2 is 2.14 bits per heavy atom. The highest BCUT2D eigenvalue weighted by molar-refractivity contribution is 5.94. The van der Waals surface area contributed by atoms with Crippen LogP contribution in [-0.2, 0) is 0 Å². The lowest BCUT2D eigenvalue weighted by atomic mass is 9.97. The summed E-state index contributed by atoms with van der Waals surface area (Å²) in [7, 11) is 0. The molecule has 1 amide bonds. The first kappa shape index (κ1) is 13.8. The maximum atomic E-state index is 12.4. The zero-order chi connectivity index (χ0) is 14.9. The maximum absolute atomic E-state index is 12.4. The van der Waals surface area contributed by atoms with E-state index in [9.17, 15) is 9.59 Å². The molecule has 0 spiro atoms. The van der Waals surface area contributed by atoms with Crippen molar-refractivity contribution in [2.24, 2.45) is 5.73 Å². The lowest BCUT2D eigenvalue weighted by Crippen LogP contribution is -2.52. The van der Waals surface area contributed by atoms with Crippen molar-refractivity contribution in [1.82, 2.24) is 14.7 Å². The zero-order valence-electron chi connectivity index (χ0n) is 11.7. The van der Waals surface area contributed by atoms with Gasteiger partial charge in [0, 0.05) is 18.9 Å². The van der Waals surface area contributed by atoms with Gasteiger partial charge in [0.05, 0.1) is 5.54 Å². The van der Waals surface area contributed by atoms with Gasteiger partial charge in [-0.2, -0.15) is 0 Å². The van der Waals surface area contributed by atoms with Crippen molar-refractivity contribution in [2.45, 2.75) is 31.2 Å². The standard InChI is InChI=1S/C15H18N4O2/c16-10-15(6-2-3-7-15)18-13(20)11-9-17-12-5-1-4-8-19(12)14(11)21/h1,4-5,8-9H,2-3,6-7,10,16H2,(H,18,20). The van der Waals surface area contributed by atoms with Crippen molar-refractivity contribution in [3.05, 3.63) is 46.5 Å². The van der Waals surface area contributed by atoms with Gasteiger partial charge in [-0.15, -0.1) is 0 Å². The van der Waals surface area contributed by atoms with Gasteiger partial charge in [-0.1, -0.05) is 18.9 Å². The minimum atomic E-state index is -0.391. The monoisotopic (exact) mass is 286 g/mol. The number of carbonyl (C=O) groups excluding carboxylic acids is 1. The number of pyridine rings is 1. The molecule has 2 aromatic heterocycles. The predicted octanol–water partition coefficient (Wildman–Crippen LogP) is 0.696. The van der Waals surface area contributed by atoms with Crippen LogP contribution in [0.4, 0.5) is 0 Å². The van der Waals surface area contributed by atoms with Crippen LogP contribution in [0, 0.1) is 0 Å². The van der Waals surface area contributed by atoms with Gasteiger partial charge in [-0.3, -0.25) is 14.0 Å². The van der Waals surface area contributed by atoms with E-state index in [4.69, 9.17) is 5.73 Å². The molecule has 1 aliphatic carbocycles. The molecule has 110 valence electrons. The summed E-state index contributed by atoms with van der Waals surface area (Å²) in [6.45, 7) is 0.390. The summed E-state index contributed by atoms with van der Waals surface area (Å²) in [6, 6.07) is 5.25. The molecule has 1 fully saturated rings. The van der Waals surface area contributed by atoms with Crippen LogP contribution in [0.25, 0.3) is 5.65 Å². The summed E-state index contributed by atoms with van der Waals surface area (Å²) in [4.78, 5) is 28.9. The first-order valence-electron chi connectivity index (χ1n) is 7.14. The van der Waals surface area contributed by atoms with Crippen LogP contribution in [0.15, 0.2) is 35.4 Å². The number of aromatic nitrogens is 2. The molecule has 1 aliphatic rings. The second-order valence-electron chi connectivity index (χ2n) is 5.55. The first-order valence-corrected chi connectivity index (χ1v) is 7.14. The third-order valence-corrected chi connectivity index (χ3v) is 4.19. The number of hydrogen-bond acceptors (Lipinski definition) is 4. The highest BCUT2D eigenvalue weighted by Gasteiger charge is 2.34. The minimum absolute atomic E-state index is 0.0541. The number of rotatable bonds is 3. The quantitative estimate of drug-likeness (QED) is 0.869. The van der Waals surface area contributed by atoms with Gasteiger partial charge in [0.15, 0.2) is 0 Å². The van der Waals surface area contributed by atoms with E-state index in [1.807, 2.05) is 0 Å². The van der Waals surface area contributed by atoms with Crippen LogP contribution in [0.5, 0.6) is 0 Å². The number of amides is 1. The second-order valence-corrected chi connectivity index (χ2v) is 5.55. The van der Waals surface area contributed by atoms with Crippen molar-refractivity contribution in [2.75, 3.05) is 6.54 Å². The van der Waals surface area contributed by atoms with Crippen LogP contribution < -0.4 is 16.6 Å². The van der Waals surface area contributed by atoms with Gasteiger partial charge >= 0.3 is 0 Å². The Morgan fingerprint density at radius 3 is 2.86 bits per heavy atom. The molecule has 3 rings (SSSR count). The van der Waals surface area contributed by atoms with Crippen LogP contribution in [0.2, 0.25) is 0 Å². The zero-order valence-corrected chi connectivity index (χ0v) is 11.7. The summed E-state index contributed by atoms with van der Waals surface area (Å²) < 4.78 is 1.37. The Labute approximate surface area is 122 Å². The number of hydrogen-bond donors (Lipinski definition) is 2. The van der Waals surface area contributed by atoms with Crippen molar-refractivity contribution >= 4 is 11.6 Å². The first-order chi connectivity index (χ1) is 10.2. The molecule has 0 atom stereocenters. The molecule has 0 radical (unpaired) electrons. The lowest BCUT2D eigenvalue weighted by Gasteiger charge is -2.28. The minimum Gasteiger partial charge on any atom is -0.345 e. The molecule has 1 saturated carbocycles. The highest BCUT2D eigenvalue weighted by Crippen LogP contribution is 2.28. The molecule has 0 saturated heterocycles. The van der Waals surface area contributed by atoms with Crippen LogP contribution in [-0.4, -0.2) is 27.4 Å². The van der Waals surface area contributed by atoms with E-state index in [1.165, 1.54) is 10.6 Å². The summed E-state index contributed by atoms with van der Waals surface area (Å²) in [6.07, 6.45) is 6.76. The Hall–Kier alpha value is -2.21. The van der Waals surface area contributed by atoms with Gasteiger partial charge in [0.25, 0.3) is 11.5 Å². The molecule has 6 nitrogen and oxygen atoms in total. The Morgan fingerprint density at radius 1 is 1.38 bits per heavy atom. The van der Waals surface area contributed by atoms with Gasteiger partial charge in [0.1, 0.15) is 11.2 Å². The van der Waals surface area contributed by atoms with Gasteiger partial charge < -0.3 is 11.1 Å². The number of nitrogens with one attached hydrogen (secondary N) is 1. The fraction of sp³-hybridized carbons (Fsp3) is 0.400. The van der Waals surface area contributed by atoms with E-state index in [2.05, 4.69) is 10.3 Å². The van der Waals surface area contributed by atoms with Crippen LogP contribution in [0.1, 0.15) is 36.0 Å². The van der Waals surface area contributed by atoms with Gasteiger partial charge in [-0.25, -0.2) is 4.98 Å². The fourth-order valence-electron chi connectivity index (χ4n) is 2.92. The molecule has 0 bridgehead atoms. The second kappa shape index (κ2) is 5.29. The molecule has 6 heteroatoms. The number of fused-ring (bicyclic) bond motifs is 1. The predicted molar refractivity (Wildman–Crippen MR) is 79.2 cm³/mol. The molecule has 2 heterocycles. The van der Waals surface area contributed by atoms with E-state index in [0.717, 1.165) is 25.7 Å². The van der Waals surface area contributed by atoms with E-state index in [-0.39, 0.29) is 16.7 Å². The molecule has 0 unspecified atom stereocenters. The van der Waals surface area contributed by atoms with Crippen molar-refractivity contribution in [1.29, 1.82) is 0 Å². The Bertz CT molecular complexity index is 732. The van der Waals surface area contributed by atoms with Gasteiger partial charge in [-0.05, 0) is 25.0 Å². The topological polar surface area (TPSA) is 89.5 Å². The average Bonchev–Trinajstić information content (AvgIpc) is 2.97. The van der Waals surface area contributed by atoms with Crippen molar-refractivity contribution < 1.29 is 4.79 Å². The SMILES string of the molecule is NCC1(NC(=O)c2cnc3ccccn3c2=O)CCCC1. The highest BCUT2D eigenvalue weighted by atomic mass is 16.2. The molecular weight excluding hydrogens is 268 g/mol. The van der Waals surface area contributed by atoms with Crippen molar-refractivity contribution in [3.63, 3.8) is 0 Å². The summed E-state index contributed by atoms with van der Waals surface area (Å²) in [5, 5.41) is 2.95. The third kappa shape index (κ3) is 2.42. The lowest BCUT2D eigenvalue weighted by molar-refractivity contribution is 0.0901. The largest absolute Gasteiger partial charge is 0.345 e. The Balaban J connectivity index is 1.95. The average molecular weight is 286 g/mol. The Kier molecular flexibility index (Phi) is 3.47. The van der Waals surface area contributed by atoms with E-state index < -0.39 is 5.91 Å². The summed E-state index contributed by atoms with van der Waals surface area (Å²) >= 11 is 0. The number of nitrogens with zero attached hydrogens (tertiary/aromatic N) is 2. The van der Waals surface area contributed by atoms with E-state index in [0.29, 0.717) is 12.2 Å². The molecule has 0 aliphatic heterocycles. The van der Waals surface area contributed by atoms with E-state index in [1.54, 1.807) is 24.4 Å². The van der Waals surface area contributed by atoms with Gasteiger partial charge in [0.2, 0.25) is 0 Å². The molecule has 21 heavy (non-hydrogen) atoms. The summed E-state index contributed by atoms with van der Waals surface area (Å²) in [5.41, 5.74) is 5.65. The fourth-order valence-corrected chi connectivity index (χ4v) is 2.92. The summed E-state index contributed by atoms with van der Waals surface area (Å²) in [5.74, 6) is -0.391. The van der Waals surface area contributed by atoms with Crippen LogP contribution in [0.3, 0.4) is 0 Å². The molecule has 0 aromatic carbocycles. The normalized spacial score (nSPS) is 17.0. The molecule has 3 N–H and O–H groups in total. The molecular formula is C15H18N4O2. The van der Waals surface area contributed by atoms with Crippen molar-refractivity contribution in [3.8, 4) is 0 Å². The van der Waals surface area contributed by atoms with Crippen LogP contribution >= 0.6 is 0 Å². The number of nitrogens with two attached hydrogens (primary N) is 1. The molecule has 2 aromatic rings. The maximum Gasteiger partial charge on any atom is 0.270 e. The third-order valence-electron chi connectivity index (χ3n) is 4.19. The number of carbonyl (C=O) groups is 1. The van der Waals surface area contributed by atoms with E-state index >= 15 is 0 Å². The smallest absolute Gasteiger partial charge is 0.270 e.